The zero-order chi connectivity index (χ0) is 12.5. The van der Waals surface area contributed by atoms with E-state index in [9.17, 15) is 13.6 Å². The summed E-state index contributed by atoms with van der Waals surface area (Å²) in [6, 6.07) is 0. The number of nitrogens with one attached hydrogen (secondary N) is 1. The summed E-state index contributed by atoms with van der Waals surface area (Å²) in [5.74, 6) is -3.68. The van der Waals surface area contributed by atoms with E-state index >= 15 is 0 Å². The lowest BCUT2D eigenvalue weighted by Crippen LogP contribution is -2.28. The van der Waals surface area contributed by atoms with Crippen LogP contribution in [0.15, 0.2) is 12.4 Å². The predicted octanol–water partition coefficient (Wildman–Crippen LogP) is 1.35. The van der Waals surface area contributed by atoms with E-state index in [2.05, 4.69) is 10.4 Å². The van der Waals surface area contributed by atoms with Crippen LogP contribution in [-0.2, 0) is 11.3 Å². The van der Waals surface area contributed by atoms with Gasteiger partial charge in [0, 0.05) is 31.5 Å². The van der Waals surface area contributed by atoms with Gasteiger partial charge in [-0.25, -0.2) is 8.78 Å². The van der Waals surface area contributed by atoms with Gasteiger partial charge in [0.15, 0.2) is 0 Å². The second-order valence-corrected chi connectivity index (χ2v) is 4.50. The van der Waals surface area contributed by atoms with E-state index in [1.165, 1.54) is 0 Å². The van der Waals surface area contributed by atoms with Gasteiger partial charge in [-0.15, -0.1) is 0 Å². The molecular formula is C11H15F2N3O. The molecule has 1 aliphatic rings. The first-order chi connectivity index (χ1) is 7.97. The van der Waals surface area contributed by atoms with E-state index in [1.807, 2.05) is 13.1 Å². The molecule has 6 heteroatoms. The second kappa shape index (κ2) is 4.43. The molecule has 1 saturated carbocycles. The van der Waals surface area contributed by atoms with Crippen LogP contribution in [-0.4, -0.2) is 28.2 Å². The molecule has 0 aromatic carbocycles. The molecule has 0 radical (unpaired) electrons. The van der Waals surface area contributed by atoms with E-state index in [-0.39, 0.29) is 18.7 Å². The fourth-order valence-electron chi connectivity index (χ4n) is 1.69. The number of hydrogen-bond acceptors (Lipinski definition) is 2. The van der Waals surface area contributed by atoms with Gasteiger partial charge in [0.1, 0.15) is 0 Å². The summed E-state index contributed by atoms with van der Waals surface area (Å²) in [6.45, 7) is 2.90. The first kappa shape index (κ1) is 12.0. The van der Waals surface area contributed by atoms with Gasteiger partial charge in [-0.3, -0.25) is 9.48 Å². The van der Waals surface area contributed by atoms with Crippen LogP contribution in [0.3, 0.4) is 0 Å². The highest BCUT2D eigenvalue weighted by molar-refractivity contribution is 5.76. The van der Waals surface area contributed by atoms with Gasteiger partial charge in [0.2, 0.25) is 5.91 Å². The summed E-state index contributed by atoms with van der Waals surface area (Å²) in [7, 11) is 0. The Hall–Kier alpha value is -1.46. The molecule has 1 fully saturated rings. The van der Waals surface area contributed by atoms with Crippen molar-refractivity contribution in [2.45, 2.75) is 32.2 Å². The van der Waals surface area contributed by atoms with Crippen LogP contribution in [0.2, 0.25) is 0 Å². The molecule has 2 rings (SSSR count). The van der Waals surface area contributed by atoms with Crippen molar-refractivity contribution in [1.29, 1.82) is 0 Å². The van der Waals surface area contributed by atoms with Crippen molar-refractivity contribution in [2.75, 3.05) is 6.54 Å². The summed E-state index contributed by atoms with van der Waals surface area (Å²) < 4.78 is 26.8. The maximum Gasteiger partial charge on any atom is 0.252 e. The lowest BCUT2D eigenvalue weighted by atomic mass is 10.3. The van der Waals surface area contributed by atoms with Gasteiger partial charge in [-0.1, -0.05) is 0 Å². The molecule has 1 N–H and O–H groups in total. The minimum atomic E-state index is -2.61. The summed E-state index contributed by atoms with van der Waals surface area (Å²) in [4.78, 5) is 11.3. The molecule has 1 aromatic heterocycles. The summed E-state index contributed by atoms with van der Waals surface area (Å²) in [5.41, 5.74) is 1.05. The zero-order valence-electron chi connectivity index (χ0n) is 9.62. The van der Waals surface area contributed by atoms with Gasteiger partial charge in [-0.2, -0.15) is 5.10 Å². The molecule has 0 aliphatic heterocycles. The average Bonchev–Trinajstić information content (AvgIpc) is 2.64. The number of alkyl halides is 2. The summed E-state index contributed by atoms with van der Waals surface area (Å²) in [6.07, 6.45) is 3.36. The SMILES string of the molecule is Cc1cnn(CCNC(=O)C[C@@H]2CC2(F)F)c1. The van der Waals surface area contributed by atoms with Crippen molar-refractivity contribution < 1.29 is 13.6 Å². The van der Waals surface area contributed by atoms with Crippen LogP contribution in [0.5, 0.6) is 0 Å². The van der Waals surface area contributed by atoms with Crippen LogP contribution in [0.4, 0.5) is 8.78 Å². The highest BCUT2D eigenvalue weighted by Gasteiger charge is 2.57. The predicted molar refractivity (Wildman–Crippen MR) is 57.6 cm³/mol. The minimum Gasteiger partial charge on any atom is -0.354 e. The number of hydrogen-bond donors (Lipinski definition) is 1. The van der Waals surface area contributed by atoms with Crippen molar-refractivity contribution >= 4 is 5.91 Å². The highest BCUT2D eigenvalue weighted by atomic mass is 19.3. The Morgan fingerprint density at radius 3 is 2.94 bits per heavy atom. The van der Waals surface area contributed by atoms with Crippen molar-refractivity contribution in [2.24, 2.45) is 5.92 Å². The molecular weight excluding hydrogens is 228 g/mol. The first-order valence-electron chi connectivity index (χ1n) is 5.61. The number of aryl methyl sites for hydroxylation is 1. The van der Waals surface area contributed by atoms with Crippen LogP contribution in [0.1, 0.15) is 18.4 Å². The summed E-state index contributed by atoms with van der Waals surface area (Å²) >= 11 is 0. The standard InChI is InChI=1S/C11H15F2N3O/c1-8-6-15-16(7-8)3-2-14-10(17)4-9-5-11(9,12)13/h6-7,9H,2-5H2,1H3,(H,14,17)/t9-/m1/s1. The Morgan fingerprint density at radius 1 is 1.71 bits per heavy atom. The maximum atomic E-state index is 12.6. The molecule has 0 saturated heterocycles. The van der Waals surface area contributed by atoms with Gasteiger partial charge >= 0.3 is 0 Å². The van der Waals surface area contributed by atoms with Crippen molar-refractivity contribution in [3.63, 3.8) is 0 Å². The summed E-state index contributed by atoms with van der Waals surface area (Å²) in [5, 5.41) is 6.67. The smallest absolute Gasteiger partial charge is 0.252 e. The lowest BCUT2D eigenvalue weighted by molar-refractivity contribution is -0.122. The third-order valence-electron chi connectivity index (χ3n) is 2.81. The quantitative estimate of drug-likeness (QED) is 0.848. The van der Waals surface area contributed by atoms with E-state index in [4.69, 9.17) is 0 Å². The monoisotopic (exact) mass is 243 g/mol. The first-order valence-corrected chi connectivity index (χ1v) is 5.61. The maximum absolute atomic E-state index is 12.6. The minimum absolute atomic E-state index is 0.0782. The van der Waals surface area contributed by atoms with E-state index < -0.39 is 11.8 Å². The zero-order valence-corrected chi connectivity index (χ0v) is 9.62. The number of rotatable bonds is 5. The Morgan fingerprint density at radius 2 is 2.41 bits per heavy atom. The third-order valence-corrected chi connectivity index (χ3v) is 2.81. The molecule has 1 aliphatic carbocycles. The number of aromatic nitrogens is 2. The molecule has 1 atom stereocenters. The Bertz CT molecular complexity index is 417. The topological polar surface area (TPSA) is 46.9 Å². The second-order valence-electron chi connectivity index (χ2n) is 4.50. The normalized spacial score (nSPS) is 21.2. The van der Waals surface area contributed by atoms with Crippen molar-refractivity contribution in [3.8, 4) is 0 Å². The molecule has 94 valence electrons. The van der Waals surface area contributed by atoms with Crippen LogP contribution in [0.25, 0.3) is 0 Å². The van der Waals surface area contributed by atoms with Gasteiger partial charge < -0.3 is 5.32 Å². The highest BCUT2D eigenvalue weighted by Crippen LogP contribution is 2.50. The average molecular weight is 243 g/mol. The number of carbonyl (C=O) groups excluding carboxylic acids is 1. The van der Waals surface area contributed by atoms with E-state index in [0.29, 0.717) is 13.1 Å². The fourth-order valence-corrected chi connectivity index (χ4v) is 1.69. The van der Waals surface area contributed by atoms with Crippen LogP contribution in [0, 0.1) is 12.8 Å². The molecule has 1 heterocycles. The van der Waals surface area contributed by atoms with Crippen LogP contribution < -0.4 is 5.32 Å². The number of carbonyl (C=O) groups is 1. The Kier molecular flexibility index (Phi) is 3.13. The Labute approximate surface area is 98.0 Å². The van der Waals surface area contributed by atoms with Gasteiger partial charge in [-0.05, 0) is 12.5 Å². The van der Waals surface area contributed by atoms with Gasteiger partial charge in [0.25, 0.3) is 5.92 Å². The Balaban J connectivity index is 1.64. The number of nitrogens with zero attached hydrogens (tertiary/aromatic N) is 2. The fraction of sp³-hybridized carbons (Fsp3) is 0.636. The van der Waals surface area contributed by atoms with Crippen molar-refractivity contribution in [3.05, 3.63) is 18.0 Å². The van der Waals surface area contributed by atoms with Crippen LogP contribution >= 0.6 is 0 Å². The van der Waals surface area contributed by atoms with Gasteiger partial charge in [0.05, 0.1) is 12.7 Å². The largest absolute Gasteiger partial charge is 0.354 e. The molecule has 0 unspecified atom stereocenters. The van der Waals surface area contributed by atoms with Crippen molar-refractivity contribution in [1.82, 2.24) is 15.1 Å². The molecule has 4 nitrogen and oxygen atoms in total. The van der Waals surface area contributed by atoms with E-state index in [1.54, 1.807) is 10.9 Å². The third kappa shape index (κ3) is 3.25. The molecule has 0 spiro atoms. The molecule has 17 heavy (non-hydrogen) atoms. The number of amides is 1. The number of halogens is 2. The van der Waals surface area contributed by atoms with E-state index in [0.717, 1.165) is 5.56 Å². The molecule has 1 amide bonds. The molecule has 1 aromatic rings. The molecule has 0 bridgehead atoms. The lowest BCUT2D eigenvalue weighted by Gasteiger charge is -2.04.